The maximum absolute atomic E-state index is 12.6. The van der Waals surface area contributed by atoms with E-state index in [1.54, 1.807) is 19.2 Å². The van der Waals surface area contributed by atoms with E-state index in [9.17, 15) is 4.79 Å². The van der Waals surface area contributed by atoms with Crippen LogP contribution in [0.25, 0.3) is 0 Å². The maximum atomic E-state index is 12.6. The van der Waals surface area contributed by atoms with Crippen LogP contribution in [0.2, 0.25) is 5.02 Å². The summed E-state index contributed by atoms with van der Waals surface area (Å²) in [6.07, 6.45) is 1.89. The monoisotopic (exact) mass is 350 g/mol. The molecule has 1 unspecified atom stereocenters. The molecule has 1 rings (SSSR count). The molecular formula is C17H25ClLiO3P. The molecule has 0 fully saturated rings. The second kappa shape index (κ2) is 9.95. The molecule has 0 amide bonds. The SMILES string of the molecule is COc1ccc(Cl)c(OC)c1C(=O)[P-]CC(C)CC(C)(C)C.[Li+]. The molecule has 0 bridgehead atoms. The van der Waals surface area contributed by atoms with Crippen LogP contribution in [0.1, 0.15) is 44.5 Å². The molecule has 3 nitrogen and oxygen atoms in total. The molecule has 0 saturated heterocycles. The Morgan fingerprint density at radius 3 is 2.35 bits per heavy atom. The number of halogens is 1. The van der Waals surface area contributed by atoms with Gasteiger partial charge in [-0.15, -0.1) is 0 Å². The molecule has 124 valence electrons. The number of rotatable bonds is 7. The topological polar surface area (TPSA) is 35.5 Å². The van der Waals surface area contributed by atoms with Gasteiger partial charge in [-0.05, 0) is 24.0 Å². The number of benzene rings is 1. The first kappa shape index (κ1) is 22.8. The summed E-state index contributed by atoms with van der Waals surface area (Å²) < 4.78 is 10.6. The molecule has 1 aromatic rings. The molecule has 1 atom stereocenters. The molecule has 0 aliphatic carbocycles. The van der Waals surface area contributed by atoms with Crippen molar-refractivity contribution in [2.24, 2.45) is 11.3 Å². The van der Waals surface area contributed by atoms with Crippen LogP contribution < -0.4 is 28.3 Å². The molecule has 0 aliphatic heterocycles. The largest absolute Gasteiger partial charge is 1.00 e. The minimum absolute atomic E-state index is 0. The van der Waals surface area contributed by atoms with Crippen LogP contribution in [0.5, 0.6) is 11.5 Å². The van der Waals surface area contributed by atoms with E-state index in [0.717, 1.165) is 21.2 Å². The van der Waals surface area contributed by atoms with Crippen molar-refractivity contribution < 1.29 is 33.1 Å². The Kier molecular flexibility index (Phi) is 9.86. The van der Waals surface area contributed by atoms with Crippen LogP contribution >= 0.6 is 20.2 Å². The molecule has 0 aliphatic rings. The summed E-state index contributed by atoms with van der Waals surface area (Å²) in [7, 11) is 3.79. The van der Waals surface area contributed by atoms with Gasteiger partial charge in [0, 0.05) is 5.52 Å². The third-order valence-corrected chi connectivity index (χ3v) is 4.83. The maximum Gasteiger partial charge on any atom is 1.00 e. The molecule has 0 aromatic heterocycles. The normalized spacial score (nSPS) is 12.8. The van der Waals surface area contributed by atoms with Gasteiger partial charge in [-0.2, -0.15) is 6.16 Å². The number of methoxy groups -OCH3 is 2. The summed E-state index contributed by atoms with van der Waals surface area (Å²) in [5, 5.41) is 0.421. The Hall–Kier alpha value is -0.193. The zero-order chi connectivity index (χ0) is 16.9. The van der Waals surface area contributed by atoms with Crippen molar-refractivity contribution in [1.29, 1.82) is 0 Å². The summed E-state index contributed by atoms with van der Waals surface area (Å²) in [5.41, 5.74) is 0.683. The van der Waals surface area contributed by atoms with Crippen LogP contribution in [0.15, 0.2) is 12.1 Å². The van der Waals surface area contributed by atoms with Crippen LogP contribution in [0, 0.1) is 11.3 Å². The van der Waals surface area contributed by atoms with Gasteiger partial charge in [0.05, 0.1) is 24.8 Å². The van der Waals surface area contributed by atoms with E-state index in [4.69, 9.17) is 21.1 Å². The number of hydrogen-bond donors (Lipinski definition) is 0. The molecule has 0 radical (unpaired) electrons. The summed E-state index contributed by atoms with van der Waals surface area (Å²) in [6, 6.07) is 3.38. The molecule has 0 spiro atoms. The first-order valence-electron chi connectivity index (χ1n) is 7.32. The van der Waals surface area contributed by atoms with Crippen LogP contribution in [-0.4, -0.2) is 25.9 Å². The number of hydrogen-bond acceptors (Lipinski definition) is 3. The number of carbonyl (C=O) groups is 1. The van der Waals surface area contributed by atoms with Gasteiger partial charge in [0.15, 0.2) is 0 Å². The molecule has 0 N–H and O–H groups in total. The standard InChI is InChI=1S/C17H25ClO3P.Li/c1-11(9-17(2,3)4)10-22-16(19)14-13(20-5)8-7-12(18)15(14)21-6;/h7-8,11H,9-10H2,1-6H3;/q-1;+1. The van der Waals surface area contributed by atoms with Crippen molar-refractivity contribution in [2.45, 2.75) is 34.1 Å². The Morgan fingerprint density at radius 1 is 1.26 bits per heavy atom. The van der Waals surface area contributed by atoms with E-state index < -0.39 is 0 Å². The van der Waals surface area contributed by atoms with Gasteiger partial charge < -0.3 is 22.8 Å². The minimum Gasteiger partial charge on any atom is -0.496 e. The Balaban J connectivity index is 0.00000484. The van der Waals surface area contributed by atoms with E-state index in [0.29, 0.717) is 28.0 Å². The first-order chi connectivity index (χ1) is 10.2. The molecular weight excluding hydrogens is 326 g/mol. The third kappa shape index (κ3) is 7.06. The van der Waals surface area contributed by atoms with Crippen molar-refractivity contribution >= 4 is 25.7 Å². The quantitative estimate of drug-likeness (QED) is 0.560. The molecule has 23 heavy (non-hydrogen) atoms. The van der Waals surface area contributed by atoms with E-state index in [2.05, 4.69) is 27.7 Å². The van der Waals surface area contributed by atoms with Crippen LogP contribution in [-0.2, 0) is 0 Å². The van der Waals surface area contributed by atoms with Gasteiger partial charge in [-0.1, -0.05) is 45.2 Å². The Bertz CT molecular complexity index is 529. The van der Waals surface area contributed by atoms with Crippen LogP contribution in [0.4, 0.5) is 0 Å². The summed E-state index contributed by atoms with van der Waals surface area (Å²) in [5.74, 6) is 1.37. The number of carbonyl (C=O) groups excluding carboxylic acids is 1. The van der Waals surface area contributed by atoms with E-state index in [-0.39, 0.29) is 29.8 Å². The molecule has 0 heterocycles. The average Bonchev–Trinajstić information content (AvgIpc) is 2.42. The second-order valence-electron chi connectivity index (χ2n) is 6.67. The fourth-order valence-electron chi connectivity index (χ4n) is 2.54. The molecule has 0 saturated carbocycles. The van der Waals surface area contributed by atoms with E-state index in [1.165, 1.54) is 7.11 Å². The van der Waals surface area contributed by atoms with Crippen molar-refractivity contribution in [2.75, 3.05) is 20.4 Å². The fourth-order valence-corrected chi connectivity index (χ4v) is 3.75. The van der Waals surface area contributed by atoms with Crippen LogP contribution in [0.3, 0.4) is 0 Å². The predicted octanol–water partition coefficient (Wildman–Crippen LogP) is 2.52. The van der Waals surface area contributed by atoms with Gasteiger partial charge in [-0.25, -0.2) is 0 Å². The van der Waals surface area contributed by atoms with Gasteiger partial charge in [0.1, 0.15) is 11.5 Å². The van der Waals surface area contributed by atoms with Crippen molar-refractivity contribution in [3.05, 3.63) is 22.7 Å². The summed E-state index contributed by atoms with van der Waals surface area (Å²) in [6.45, 7) is 8.82. The van der Waals surface area contributed by atoms with Gasteiger partial charge in [0.2, 0.25) is 0 Å². The van der Waals surface area contributed by atoms with Gasteiger partial charge >= 0.3 is 18.9 Å². The number of ether oxygens (including phenoxy) is 2. The predicted molar refractivity (Wildman–Crippen MR) is 93.9 cm³/mol. The van der Waals surface area contributed by atoms with Gasteiger partial charge in [-0.3, -0.25) is 0 Å². The zero-order valence-electron chi connectivity index (χ0n) is 15.2. The Morgan fingerprint density at radius 2 is 1.87 bits per heavy atom. The summed E-state index contributed by atoms with van der Waals surface area (Å²) in [4.78, 5) is 12.6. The van der Waals surface area contributed by atoms with E-state index in [1.807, 2.05) is 0 Å². The average molecular weight is 351 g/mol. The Labute approximate surface area is 158 Å². The molecule has 1 aromatic carbocycles. The third-order valence-electron chi connectivity index (χ3n) is 3.22. The molecule has 6 heteroatoms. The van der Waals surface area contributed by atoms with Crippen molar-refractivity contribution in [3.8, 4) is 11.5 Å². The smallest absolute Gasteiger partial charge is 0.496 e. The summed E-state index contributed by atoms with van der Waals surface area (Å²) >= 11 is 6.12. The minimum atomic E-state index is -0.0167. The first-order valence-corrected chi connectivity index (χ1v) is 8.77. The fraction of sp³-hybridized carbons (Fsp3) is 0.588. The van der Waals surface area contributed by atoms with Gasteiger partial charge in [0.25, 0.3) is 0 Å². The zero-order valence-corrected chi connectivity index (χ0v) is 16.8. The second-order valence-corrected chi connectivity index (χ2v) is 8.17. The van der Waals surface area contributed by atoms with Crippen molar-refractivity contribution in [1.82, 2.24) is 0 Å². The van der Waals surface area contributed by atoms with Crippen molar-refractivity contribution in [3.63, 3.8) is 0 Å². The van der Waals surface area contributed by atoms with E-state index >= 15 is 0 Å².